The average Bonchev–Trinajstić information content (AvgIpc) is 2.61. The smallest absolute Gasteiger partial charge is 0.181 e. The average molecular weight is 166 g/mol. The molecular weight excluding hydrogens is 152 g/mol. The zero-order valence-corrected chi connectivity index (χ0v) is 7.34. The predicted octanol–water partition coefficient (Wildman–Crippen LogP) is 1.41. The molecular formula is C9H14N2O. The van der Waals surface area contributed by atoms with Gasteiger partial charge in [0, 0.05) is 5.54 Å². The lowest BCUT2D eigenvalue weighted by atomic mass is 10.1. The van der Waals surface area contributed by atoms with Crippen molar-refractivity contribution < 1.29 is 4.42 Å². The second-order valence-corrected chi connectivity index (χ2v) is 3.72. The van der Waals surface area contributed by atoms with Gasteiger partial charge in [-0.1, -0.05) is 0 Å². The Balaban J connectivity index is 1.91. The minimum atomic E-state index is 0.130. The number of hydrogen-bond donors (Lipinski definition) is 1. The summed E-state index contributed by atoms with van der Waals surface area (Å²) in [5.41, 5.74) is 7.15. The van der Waals surface area contributed by atoms with Gasteiger partial charge in [-0.3, -0.25) is 0 Å². The molecule has 1 aromatic rings. The molecule has 2 rings (SSSR count). The first-order valence-electron chi connectivity index (χ1n) is 4.37. The molecule has 1 aromatic heterocycles. The van der Waals surface area contributed by atoms with Crippen molar-refractivity contribution in [1.29, 1.82) is 0 Å². The van der Waals surface area contributed by atoms with E-state index in [1.165, 1.54) is 19.2 Å². The van der Waals surface area contributed by atoms with Crippen LogP contribution in [0.3, 0.4) is 0 Å². The van der Waals surface area contributed by atoms with E-state index in [0.29, 0.717) is 0 Å². The number of aryl methyl sites for hydroxylation is 2. The molecule has 1 fully saturated rings. The van der Waals surface area contributed by atoms with Gasteiger partial charge in [-0.05, 0) is 32.6 Å². The number of rotatable bonds is 3. The van der Waals surface area contributed by atoms with Gasteiger partial charge in [0.25, 0.3) is 0 Å². The molecule has 1 saturated carbocycles. The molecule has 66 valence electrons. The molecule has 0 amide bonds. The Labute approximate surface area is 72.0 Å². The molecule has 0 aromatic carbocycles. The summed E-state index contributed by atoms with van der Waals surface area (Å²) in [6, 6.07) is 0. The second kappa shape index (κ2) is 2.59. The Morgan fingerprint density at radius 2 is 2.42 bits per heavy atom. The molecule has 1 aliphatic rings. The van der Waals surface area contributed by atoms with Gasteiger partial charge in [0.15, 0.2) is 6.39 Å². The van der Waals surface area contributed by atoms with Gasteiger partial charge in [0.05, 0.1) is 5.69 Å². The molecule has 0 bridgehead atoms. The summed E-state index contributed by atoms with van der Waals surface area (Å²) in [7, 11) is 0. The molecule has 0 aliphatic heterocycles. The zero-order chi connectivity index (χ0) is 8.60. The van der Waals surface area contributed by atoms with Crippen molar-refractivity contribution in [2.24, 2.45) is 5.73 Å². The molecule has 1 heterocycles. The Hall–Kier alpha value is -0.830. The summed E-state index contributed by atoms with van der Waals surface area (Å²) in [4.78, 5) is 4.12. The second-order valence-electron chi connectivity index (χ2n) is 3.72. The number of nitrogens with zero attached hydrogens (tertiary/aromatic N) is 1. The van der Waals surface area contributed by atoms with Gasteiger partial charge < -0.3 is 10.2 Å². The number of oxazole rings is 1. The number of aromatic nitrogens is 1. The lowest BCUT2D eigenvalue weighted by Crippen LogP contribution is -2.22. The van der Waals surface area contributed by atoms with E-state index < -0.39 is 0 Å². The van der Waals surface area contributed by atoms with E-state index in [-0.39, 0.29) is 5.54 Å². The van der Waals surface area contributed by atoms with Crippen molar-refractivity contribution in [1.82, 2.24) is 4.98 Å². The van der Waals surface area contributed by atoms with Crippen molar-refractivity contribution in [3.05, 3.63) is 17.8 Å². The van der Waals surface area contributed by atoms with E-state index in [4.69, 9.17) is 10.2 Å². The van der Waals surface area contributed by atoms with Crippen LogP contribution in [0.5, 0.6) is 0 Å². The molecule has 1 aliphatic carbocycles. The maximum Gasteiger partial charge on any atom is 0.181 e. The van der Waals surface area contributed by atoms with Gasteiger partial charge in [-0.25, -0.2) is 4.98 Å². The third kappa shape index (κ3) is 1.50. The monoisotopic (exact) mass is 166 g/mol. The quantitative estimate of drug-likeness (QED) is 0.738. The van der Waals surface area contributed by atoms with Crippen LogP contribution in [0.4, 0.5) is 0 Å². The summed E-state index contributed by atoms with van der Waals surface area (Å²) in [6.07, 6.45) is 5.84. The molecule has 0 atom stereocenters. The van der Waals surface area contributed by atoms with E-state index in [0.717, 1.165) is 24.3 Å². The van der Waals surface area contributed by atoms with Crippen molar-refractivity contribution in [2.75, 3.05) is 0 Å². The Kier molecular flexibility index (Phi) is 1.68. The van der Waals surface area contributed by atoms with Crippen LogP contribution in [0.15, 0.2) is 10.8 Å². The fraction of sp³-hybridized carbons (Fsp3) is 0.667. The number of hydrogen-bond acceptors (Lipinski definition) is 3. The first-order valence-corrected chi connectivity index (χ1v) is 4.37. The van der Waals surface area contributed by atoms with Gasteiger partial charge >= 0.3 is 0 Å². The summed E-state index contributed by atoms with van der Waals surface area (Å²) >= 11 is 0. The van der Waals surface area contributed by atoms with Crippen molar-refractivity contribution in [3.8, 4) is 0 Å². The normalized spacial score (nSPS) is 19.5. The highest BCUT2D eigenvalue weighted by molar-refractivity contribution is 5.08. The summed E-state index contributed by atoms with van der Waals surface area (Å²) in [6.45, 7) is 1.94. The SMILES string of the molecule is Cc1ocnc1CCC1(N)CC1. The van der Waals surface area contributed by atoms with Gasteiger partial charge in [-0.15, -0.1) is 0 Å². The molecule has 3 nitrogen and oxygen atoms in total. The van der Waals surface area contributed by atoms with Gasteiger partial charge in [0.2, 0.25) is 0 Å². The van der Waals surface area contributed by atoms with Crippen LogP contribution in [-0.4, -0.2) is 10.5 Å². The Bertz CT molecular complexity index is 276. The van der Waals surface area contributed by atoms with E-state index in [2.05, 4.69) is 4.98 Å². The molecule has 0 unspecified atom stereocenters. The van der Waals surface area contributed by atoms with E-state index in [1.54, 1.807) is 0 Å². The van der Waals surface area contributed by atoms with Crippen LogP contribution in [-0.2, 0) is 6.42 Å². The summed E-state index contributed by atoms with van der Waals surface area (Å²) in [5, 5.41) is 0. The minimum Gasteiger partial charge on any atom is -0.449 e. The molecule has 2 N–H and O–H groups in total. The lowest BCUT2D eigenvalue weighted by Gasteiger charge is -2.05. The third-order valence-corrected chi connectivity index (χ3v) is 2.60. The molecule has 3 heteroatoms. The number of nitrogens with two attached hydrogens (primary N) is 1. The van der Waals surface area contributed by atoms with Gasteiger partial charge in [0.1, 0.15) is 5.76 Å². The van der Waals surface area contributed by atoms with Crippen molar-refractivity contribution in [2.45, 2.75) is 38.1 Å². The molecule has 0 radical (unpaired) electrons. The van der Waals surface area contributed by atoms with Crippen molar-refractivity contribution in [3.63, 3.8) is 0 Å². The highest BCUT2D eigenvalue weighted by atomic mass is 16.3. The molecule has 0 saturated heterocycles. The first-order chi connectivity index (χ1) is 5.70. The molecule has 0 spiro atoms. The van der Waals surface area contributed by atoms with E-state index in [9.17, 15) is 0 Å². The largest absolute Gasteiger partial charge is 0.449 e. The van der Waals surface area contributed by atoms with E-state index >= 15 is 0 Å². The zero-order valence-electron chi connectivity index (χ0n) is 7.34. The third-order valence-electron chi connectivity index (χ3n) is 2.60. The lowest BCUT2D eigenvalue weighted by molar-refractivity contribution is 0.521. The van der Waals surface area contributed by atoms with Crippen LogP contribution in [0.2, 0.25) is 0 Å². The first kappa shape index (κ1) is 7.80. The van der Waals surface area contributed by atoms with Crippen molar-refractivity contribution >= 4 is 0 Å². The minimum absolute atomic E-state index is 0.130. The van der Waals surface area contributed by atoms with Crippen LogP contribution in [0, 0.1) is 6.92 Å². The maximum atomic E-state index is 5.95. The van der Waals surface area contributed by atoms with Crippen LogP contribution in [0.1, 0.15) is 30.7 Å². The highest BCUT2D eigenvalue weighted by Gasteiger charge is 2.37. The Morgan fingerprint density at radius 3 is 2.92 bits per heavy atom. The fourth-order valence-electron chi connectivity index (χ4n) is 1.35. The fourth-order valence-corrected chi connectivity index (χ4v) is 1.35. The van der Waals surface area contributed by atoms with Crippen LogP contribution >= 0.6 is 0 Å². The van der Waals surface area contributed by atoms with Gasteiger partial charge in [-0.2, -0.15) is 0 Å². The molecule has 12 heavy (non-hydrogen) atoms. The van der Waals surface area contributed by atoms with Crippen LogP contribution in [0.25, 0.3) is 0 Å². The Morgan fingerprint density at radius 1 is 1.67 bits per heavy atom. The van der Waals surface area contributed by atoms with Crippen LogP contribution < -0.4 is 5.73 Å². The van der Waals surface area contributed by atoms with E-state index in [1.807, 2.05) is 6.92 Å². The maximum absolute atomic E-state index is 5.95. The summed E-state index contributed by atoms with van der Waals surface area (Å²) in [5.74, 6) is 0.930. The highest BCUT2D eigenvalue weighted by Crippen LogP contribution is 2.36. The predicted molar refractivity (Wildman–Crippen MR) is 45.7 cm³/mol. The standard InChI is InChI=1S/C9H14N2O/c1-7-8(11-6-12-7)2-3-9(10)4-5-9/h6H,2-5,10H2,1H3. The summed E-state index contributed by atoms with van der Waals surface area (Å²) < 4.78 is 5.10. The topological polar surface area (TPSA) is 52.0 Å².